The minimum absolute atomic E-state index is 0. The standard InChI is InChI=1S/C14H8N2O8.2Zn/c17-11(18)7-1-5(2-8(15-7)12(19)20)6-3-9(13(21)22)16-10(4-6)14(23)24;;/h1-4H,(H,17,18)(H,19,20)(H,21,22)(H,23,24);;/q;2*+2/p-4. The van der Waals surface area contributed by atoms with Crippen LogP contribution in [0.3, 0.4) is 0 Å². The van der Waals surface area contributed by atoms with Crippen molar-refractivity contribution in [2.24, 2.45) is 0 Å². The molecule has 0 aliphatic heterocycles. The molecule has 0 fully saturated rings. The molecule has 0 aromatic carbocycles. The van der Waals surface area contributed by atoms with Gasteiger partial charge in [-0.2, -0.15) is 0 Å². The fraction of sp³-hybridized carbons (Fsp3) is 0. The van der Waals surface area contributed by atoms with Crippen molar-refractivity contribution in [2.45, 2.75) is 0 Å². The fourth-order valence-electron chi connectivity index (χ4n) is 1.81. The van der Waals surface area contributed by atoms with E-state index in [1.165, 1.54) is 0 Å². The topological polar surface area (TPSA) is 186 Å². The van der Waals surface area contributed by atoms with Gasteiger partial charge in [0.1, 0.15) is 0 Å². The number of carboxylic acids is 4. The van der Waals surface area contributed by atoms with Gasteiger partial charge in [0.15, 0.2) is 0 Å². The molecule has 0 N–H and O–H groups in total. The number of carboxylic acid groups (broad SMARTS) is 4. The third kappa shape index (κ3) is 5.21. The van der Waals surface area contributed by atoms with E-state index < -0.39 is 46.7 Å². The quantitative estimate of drug-likeness (QED) is 0.395. The number of hydrogen-bond donors (Lipinski definition) is 0. The van der Waals surface area contributed by atoms with Gasteiger partial charge in [-0.15, -0.1) is 0 Å². The number of hydrogen-bond acceptors (Lipinski definition) is 10. The molecule has 0 saturated heterocycles. The van der Waals surface area contributed by atoms with Crippen LogP contribution < -0.4 is 20.4 Å². The Kier molecular flexibility index (Phi) is 8.30. The summed E-state index contributed by atoms with van der Waals surface area (Å²) in [5.74, 6) is -7.19. The van der Waals surface area contributed by atoms with Gasteiger partial charge < -0.3 is 39.6 Å². The van der Waals surface area contributed by atoms with Gasteiger partial charge in [0.25, 0.3) is 0 Å². The maximum atomic E-state index is 10.9. The van der Waals surface area contributed by atoms with Crippen LogP contribution in [0.4, 0.5) is 0 Å². The van der Waals surface area contributed by atoms with Gasteiger partial charge in [-0.1, -0.05) is 0 Å². The third-order valence-corrected chi connectivity index (χ3v) is 2.82. The molecule has 26 heavy (non-hydrogen) atoms. The third-order valence-electron chi connectivity index (χ3n) is 2.82. The van der Waals surface area contributed by atoms with E-state index in [1.54, 1.807) is 0 Å². The number of carbonyl (C=O) groups is 4. The molecule has 0 radical (unpaired) electrons. The molecule has 12 heteroatoms. The van der Waals surface area contributed by atoms with Crippen molar-refractivity contribution < 1.29 is 78.6 Å². The number of rotatable bonds is 5. The average molecular weight is 459 g/mol. The van der Waals surface area contributed by atoms with E-state index in [9.17, 15) is 39.6 Å². The SMILES string of the molecule is O=C([O-])c1cc(-c2cc(C(=O)[O-])nc(C(=O)[O-])c2)cc(C(=O)[O-])n1.[Zn+2].[Zn+2]. The van der Waals surface area contributed by atoms with E-state index in [0.29, 0.717) is 0 Å². The molecule has 10 nitrogen and oxygen atoms in total. The average Bonchev–Trinajstić information content (AvgIpc) is 2.53. The van der Waals surface area contributed by atoms with E-state index >= 15 is 0 Å². The van der Waals surface area contributed by atoms with Gasteiger partial charge in [0.05, 0.1) is 46.7 Å². The molecule has 0 aliphatic carbocycles. The summed E-state index contributed by atoms with van der Waals surface area (Å²) >= 11 is 0. The van der Waals surface area contributed by atoms with Gasteiger partial charge in [-0.3, -0.25) is 0 Å². The largest absolute Gasteiger partial charge is 2.00 e. The first-order valence-corrected chi connectivity index (χ1v) is 6.09. The smallest absolute Gasteiger partial charge is 0.543 e. The van der Waals surface area contributed by atoms with E-state index in [2.05, 4.69) is 9.97 Å². The molecule has 0 saturated carbocycles. The Labute approximate surface area is 170 Å². The summed E-state index contributed by atoms with van der Waals surface area (Å²) in [6.45, 7) is 0. The molecule has 122 valence electrons. The molecule has 0 unspecified atom stereocenters. The van der Waals surface area contributed by atoms with Crippen LogP contribution in [-0.2, 0) is 39.0 Å². The number of nitrogens with zero attached hydrogens (tertiary/aromatic N) is 2. The van der Waals surface area contributed by atoms with Crippen molar-refractivity contribution in [3.05, 3.63) is 47.0 Å². The monoisotopic (exact) mass is 456 g/mol. The zero-order valence-corrected chi connectivity index (χ0v) is 18.8. The van der Waals surface area contributed by atoms with Gasteiger partial charge in [-0.25, -0.2) is 9.97 Å². The second-order valence-corrected chi connectivity index (χ2v) is 4.40. The molecule has 0 aliphatic rings. The molecule has 0 bridgehead atoms. The number of aromatic nitrogens is 2. The summed E-state index contributed by atoms with van der Waals surface area (Å²) < 4.78 is 0. The minimum Gasteiger partial charge on any atom is -0.543 e. The van der Waals surface area contributed by atoms with Crippen molar-refractivity contribution in [3.63, 3.8) is 0 Å². The van der Waals surface area contributed by atoms with Crippen molar-refractivity contribution in [3.8, 4) is 11.1 Å². The van der Waals surface area contributed by atoms with E-state index in [4.69, 9.17) is 0 Å². The van der Waals surface area contributed by atoms with Crippen LogP contribution in [0, 0.1) is 0 Å². The van der Waals surface area contributed by atoms with E-state index in [-0.39, 0.29) is 50.1 Å². The number of pyridine rings is 2. The predicted octanol–water partition coefficient (Wildman–Crippen LogP) is -4.41. The Bertz CT molecular complexity index is 763. The first-order chi connectivity index (χ1) is 11.2. The van der Waals surface area contributed by atoms with Crippen molar-refractivity contribution in [2.75, 3.05) is 0 Å². The van der Waals surface area contributed by atoms with Crippen LogP contribution in [0.2, 0.25) is 0 Å². The molecular formula is C14H4N2O8Zn2. The maximum absolute atomic E-state index is 10.9. The zero-order valence-electron chi connectivity index (χ0n) is 12.9. The molecule has 2 aromatic rings. The Morgan fingerprint density at radius 1 is 0.538 bits per heavy atom. The Morgan fingerprint density at radius 2 is 0.731 bits per heavy atom. The summed E-state index contributed by atoms with van der Waals surface area (Å²) in [7, 11) is 0. The van der Waals surface area contributed by atoms with Crippen LogP contribution in [0.1, 0.15) is 42.0 Å². The van der Waals surface area contributed by atoms with Crippen molar-refractivity contribution in [1.82, 2.24) is 9.97 Å². The molecular weight excluding hydrogens is 455 g/mol. The Hall–Kier alpha value is -2.57. The second kappa shape index (κ2) is 9.21. The van der Waals surface area contributed by atoms with Crippen LogP contribution in [0.25, 0.3) is 11.1 Å². The Balaban J connectivity index is 0.00000312. The molecule has 2 rings (SSSR count). The predicted molar refractivity (Wildman–Crippen MR) is 64.8 cm³/mol. The normalized spacial score (nSPS) is 9.38. The van der Waals surface area contributed by atoms with Crippen molar-refractivity contribution >= 4 is 23.9 Å². The first-order valence-electron chi connectivity index (χ1n) is 6.09. The molecule has 2 heterocycles. The number of carbonyl (C=O) groups excluding carboxylic acids is 4. The summed E-state index contributed by atoms with van der Waals surface area (Å²) in [6, 6.07) is 3.48. The summed E-state index contributed by atoms with van der Waals surface area (Å²) in [4.78, 5) is 50.2. The van der Waals surface area contributed by atoms with Crippen LogP contribution in [-0.4, -0.2) is 33.8 Å². The first kappa shape index (κ1) is 23.4. The molecule has 0 spiro atoms. The Morgan fingerprint density at radius 3 is 0.885 bits per heavy atom. The second-order valence-electron chi connectivity index (χ2n) is 4.40. The van der Waals surface area contributed by atoms with E-state index in [0.717, 1.165) is 24.3 Å². The molecule has 2 aromatic heterocycles. The molecule has 0 amide bonds. The summed E-state index contributed by atoms with van der Waals surface area (Å²) in [5.41, 5.74) is -3.39. The number of aromatic carboxylic acids is 4. The van der Waals surface area contributed by atoms with Gasteiger partial charge >= 0.3 is 39.0 Å². The van der Waals surface area contributed by atoms with Crippen LogP contribution in [0.15, 0.2) is 24.3 Å². The van der Waals surface area contributed by atoms with Crippen molar-refractivity contribution in [1.29, 1.82) is 0 Å². The van der Waals surface area contributed by atoms with Crippen LogP contribution in [0.5, 0.6) is 0 Å². The maximum Gasteiger partial charge on any atom is 2.00 e. The fourth-order valence-corrected chi connectivity index (χ4v) is 1.81. The van der Waals surface area contributed by atoms with Gasteiger partial charge in [-0.05, 0) is 35.4 Å². The summed E-state index contributed by atoms with van der Waals surface area (Å²) in [6.07, 6.45) is 0. The van der Waals surface area contributed by atoms with Gasteiger partial charge in [0.2, 0.25) is 0 Å². The minimum atomic E-state index is -1.80. The summed E-state index contributed by atoms with van der Waals surface area (Å²) in [5, 5.41) is 43.6. The van der Waals surface area contributed by atoms with Gasteiger partial charge in [0, 0.05) is 0 Å². The zero-order chi connectivity index (χ0) is 18.0. The van der Waals surface area contributed by atoms with E-state index in [1.807, 2.05) is 0 Å². The van der Waals surface area contributed by atoms with Crippen LogP contribution >= 0.6 is 0 Å². The molecule has 0 atom stereocenters.